The van der Waals surface area contributed by atoms with Crippen LogP contribution >= 0.6 is 23.2 Å². The van der Waals surface area contributed by atoms with Crippen molar-refractivity contribution >= 4 is 34.7 Å². The molecule has 1 rings (SSSR count). The lowest BCUT2D eigenvalue weighted by atomic mass is 10.1. The highest BCUT2D eigenvalue weighted by molar-refractivity contribution is 6.35. The summed E-state index contributed by atoms with van der Waals surface area (Å²) in [4.78, 5) is 0. The zero-order valence-corrected chi connectivity index (χ0v) is 11.0. The number of hydrogen-bond acceptors (Lipinski definition) is 3. The molecule has 4 N–H and O–H groups in total. The summed E-state index contributed by atoms with van der Waals surface area (Å²) >= 11 is 11.9. The lowest BCUT2D eigenvalue weighted by Crippen LogP contribution is -2.26. The molecule has 0 aliphatic heterocycles. The van der Waals surface area contributed by atoms with Gasteiger partial charge in [-0.25, -0.2) is 0 Å². The summed E-state index contributed by atoms with van der Waals surface area (Å²) in [7, 11) is 0. The first-order valence-electron chi connectivity index (χ1n) is 5.24. The van der Waals surface area contributed by atoms with Gasteiger partial charge in [0.05, 0.1) is 10.7 Å². The van der Waals surface area contributed by atoms with Crippen LogP contribution in [0.2, 0.25) is 10.0 Å². The maximum absolute atomic E-state index is 8.53. The van der Waals surface area contributed by atoms with Crippen molar-refractivity contribution in [3.8, 4) is 0 Å². The van der Waals surface area contributed by atoms with E-state index >= 15 is 0 Å². The number of benzene rings is 1. The Morgan fingerprint density at radius 3 is 2.82 bits per heavy atom. The summed E-state index contributed by atoms with van der Waals surface area (Å²) in [6.07, 6.45) is 1.26. The average Bonchev–Trinajstić information content (AvgIpc) is 2.32. The van der Waals surface area contributed by atoms with Gasteiger partial charge in [-0.1, -0.05) is 35.3 Å². The molecule has 0 spiro atoms. The van der Waals surface area contributed by atoms with Gasteiger partial charge in [-0.15, -0.1) is 0 Å². The third-order valence-corrected chi connectivity index (χ3v) is 2.93. The monoisotopic (exact) mass is 275 g/mol. The van der Waals surface area contributed by atoms with Crippen molar-refractivity contribution in [3.63, 3.8) is 0 Å². The quantitative estimate of drug-likeness (QED) is 0.334. The smallest absolute Gasteiger partial charge is 0.141 e. The summed E-state index contributed by atoms with van der Waals surface area (Å²) in [6, 6.07) is 5.24. The topological polar surface area (TPSA) is 70.6 Å². The van der Waals surface area contributed by atoms with Gasteiger partial charge in [0.1, 0.15) is 5.84 Å². The second-order valence-electron chi connectivity index (χ2n) is 3.67. The molecule has 0 amide bonds. The van der Waals surface area contributed by atoms with E-state index in [1.807, 2.05) is 6.92 Å². The number of anilines is 1. The standard InChI is InChI=1S/C11H15Cl2N3O/c1-2-8(6-11(14)16-17)15-10-5-7(12)3-4-9(10)13/h3-5,8,15,17H,2,6H2,1H3,(H2,14,16). The van der Waals surface area contributed by atoms with E-state index in [-0.39, 0.29) is 11.9 Å². The lowest BCUT2D eigenvalue weighted by molar-refractivity contribution is 0.316. The van der Waals surface area contributed by atoms with E-state index < -0.39 is 0 Å². The average molecular weight is 276 g/mol. The van der Waals surface area contributed by atoms with Crippen LogP contribution in [-0.4, -0.2) is 17.1 Å². The van der Waals surface area contributed by atoms with Gasteiger partial charge in [-0.3, -0.25) is 0 Å². The number of nitrogens with one attached hydrogen (secondary N) is 1. The third kappa shape index (κ3) is 4.32. The fourth-order valence-electron chi connectivity index (χ4n) is 1.42. The van der Waals surface area contributed by atoms with Gasteiger partial charge in [-0.2, -0.15) is 0 Å². The van der Waals surface area contributed by atoms with Crippen LogP contribution in [0.25, 0.3) is 0 Å². The zero-order valence-electron chi connectivity index (χ0n) is 9.45. The molecule has 1 aromatic rings. The molecule has 0 fully saturated rings. The molecule has 0 bridgehead atoms. The number of amidine groups is 1. The summed E-state index contributed by atoms with van der Waals surface area (Å²) in [5.41, 5.74) is 6.22. The molecule has 0 saturated heterocycles. The number of oxime groups is 1. The minimum absolute atomic E-state index is 0.0434. The second-order valence-corrected chi connectivity index (χ2v) is 4.51. The molecule has 0 heterocycles. The number of rotatable bonds is 5. The van der Waals surface area contributed by atoms with Gasteiger partial charge >= 0.3 is 0 Å². The Balaban J connectivity index is 2.76. The zero-order chi connectivity index (χ0) is 12.8. The molecular formula is C11H15Cl2N3O. The molecule has 1 aromatic carbocycles. The van der Waals surface area contributed by atoms with Crippen molar-refractivity contribution in [2.45, 2.75) is 25.8 Å². The van der Waals surface area contributed by atoms with Gasteiger partial charge in [0.15, 0.2) is 0 Å². The molecule has 94 valence electrons. The Morgan fingerprint density at radius 1 is 1.53 bits per heavy atom. The van der Waals surface area contributed by atoms with Crippen molar-refractivity contribution in [3.05, 3.63) is 28.2 Å². The van der Waals surface area contributed by atoms with Crippen molar-refractivity contribution < 1.29 is 5.21 Å². The largest absolute Gasteiger partial charge is 0.409 e. The van der Waals surface area contributed by atoms with Crippen molar-refractivity contribution in [2.75, 3.05) is 5.32 Å². The van der Waals surface area contributed by atoms with Crippen molar-refractivity contribution in [1.29, 1.82) is 0 Å². The number of nitrogens with two attached hydrogens (primary N) is 1. The summed E-state index contributed by atoms with van der Waals surface area (Å²) in [5, 5.41) is 15.9. The SMILES string of the molecule is CCC(C/C(N)=N/O)Nc1cc(Cl)ccc1Cl. The molecule has 0 aliphatic rings. The summed E-state index contributed by atoms with van der Waals surface area (Å²) < 4.78 is 0. The van der Waals surface area contributed by atoms with Crippen LogP contribution in [0, 0.1) is 0 Å². The molecule has 0 aromatic heterocycles. The molecule has 1 atom stereocenters. The molecule has 0 saturated carbocycles. The van der Waals surface area contributed by atoms with Crippen LogP contribution in [0.5, 0.6) is 0 Å². The maximum atomic E-state index is 8.53. The van der Waals surface area contributed by atoms with E-state index in [0.717, 1.165) is 12.1 Å². The minimum atomic E-state index is 0.0434. The number of hydrogen-bond donors (Lipinski definition) is 3. The van der Waals surface area contributed by atoms with Crippen LogP contribution in [-0.2, 0) is 0 Å². The van der Waals surface area contributed by atoms with Crippen LogP contribution in [0.4, 0.5) is 5.69 Å². The first kappa shape index (κ1) is 13.9. The lowest BCUT2D eigenvalue weighted by Gasteiger charge is -2.18. The molecular weight excluding hydrogens is 261 g/mol. The third-order valence-electron chi connectivity index (χ3n) is 2.36. The summed E-state index contributed by atoms with van der Waals surface area (Å²) in [6.45, 7) is 2.00. The molecule has 1 unspecified atom stereocenters. The molecule has 4 nitrogen and oxygen atoms in total. The summed E-state index contributed by atoms with van der Waals surface area (Å²) in [5.74, 6) is 0.183. The van der Waals surface area contributed by atoms with Crippen LogP contribution in [0.1, 0.15) is 19.8 Å². The molecule has 17 heavy (non-hydrogen) atoms. The molecule has 0 radical (unpaired) electrons. The van der Waals surface area contributed by atoms with Crippen molar-refractivity contribution in [1.82, 2.24) is 0 Å². The van der Waals surface area contributed by atoms with Crippen LogP contribution < -0.4 is 11.1 Å². The Hall–Kier alpha value is -1.13. The van der Waals surface area contributed by atoms with E-state index in [1.165, 1.54) is 0 Å². The first-order chi connectivity index (χ1) is 8.06. The van der Waals surface area contributed by atoms with Gasteiger partial charge in [0, 0.05) is 17.5 Å². The predicted molar refractivity (Wildman–Crippen MR) is 72.2 cm³/mol. The number of halogens is 2. The van der Waals surface area contributed by atoms with E-state index in [1.54, 1.807) is 18.2 Å². The Bertz CT molecular complexity index is 410. The molecule has 0 aliphatic carbocycles. The van der Waals surface area contributed by atoms with Gasteiger partial charge in [0.25, 0.3) is 0 Å². The highest BCUT2D eigenvalue weighted by atomic mass is 35.5. The van der Waals surface area contributed by atoms with Crippen LogP contribution in [0.3, 0.4) is 0 Å². The van der Waals surface area contributed by atoms with Crippen molar-refractivity contribution in [2.24, 2.45) is 10.9 Å². The van der Waals surface area contributed by atoms with Gasteiger partial charge in [-0.05, 0) is 24.6 Å². The van der Waals surface area contributed by atoms with E-state index in [2.05, 4.69) is 10.5 Å². The van der Waals surface area contributed by atoms with Crippen LogP contribution in [0.15, 0.2) is 23.4 Å². The fourth-order valence-corrected chi connectivity index (χ4v) is 1.76. The fraction of sp³-hybridized carbons (Fsp3) is 0.364. The highest BCUT2D eigenvalue weighted by Gasteiger charge is 2.11. The Labute approximate surface area is 110 Å². The molecule has 6 heteroatoms. The van der Waals surface area contributed by atoms with Gasteiger partial charge in [0.2, 0.25) is 0 Å². The number of nitrogens with zero attached hydrogens (tertiary/aromatic N) is 1. The highest BCUT2D eigenvalue weighted by Crippen LogP contribution is 2.26. The normalized spacial score (nSPS) is 13.5. The minimum Gasteiger partial charge on any atom is -0.409 e. The van der Waals surface area contributed by atoms with E-state index in [0.29, 0.717) is 16.5 Å². The maximum Gasteiger partial charge on any atom is 0.141 e. The Morgan fingerprint density at radius 2 is 2.24 bits per heavy atom. The predicted octanol–water partition coefficient (Wildman–Crippen LogP) is 3.32. The Kier molecular flexibility index (Phi) is 5.38. The van der Waals surface area contributed by atoms with Gasteiger partial charge < -0.3 is 16.3 Å². The van der Waals surface area contributed by atoms with E-state index in [9.17, 15) is 0 Å². The van der Waals surface area contributed by atoms with E-state index in [4.69, 9.17) is 34.1 Å². The first-order valence-corrected chi connectivity index (χ1v) is 6.00. The second kappa shape index (κ2) is 6.57.